The van der Waals surface area contributed by atoms with E-state index in [0.29, 0.717) is 12.2 Å². The fourth-order valence-corrected chi connectivity index (χ4v) is 5.42. The molecule has 0 N–H and O–H groups in total. The van der Waals surface area contributed by atoms with Gasteiger partial charge < -0.3 is 14.0 Å². The van der Waals surface area contributed by atoms with E-state index in [-0.39, 0.29) is 5.78 Å². The number of carbonyl (C=O) groups excluding carboxylic acids is 1. The predicted molar refractivity (Wildman–Crippen MR) is 141 cm³/mol. The zero-order chi connectivity index (χ0) is 24.3. The molecule has 0 amide bonds. The number of ether oxygens (including phenoxy) is 2. The molecule has 35 heavy (non-hydrogen) atoms. The number of fused-ring (bicyclic) bond motifs is 1. The van der Waals surface area contributed by atoms with Gasteiger partial charge in [-0.2, -0.15) is 0 Å². The Morgan fingerprint density at radius 2 is 1.54 bits per heavy atom. The average molecular weight is 469 g/mol. The van der Waals surface area contributed by atoms with Crippen molar-refractivity contribution in [3.8, 4) is 11.5 Å². The number of likely N-dealkylation sites (tertiary alicyclic amines) is 1. The number of methoxy groups -OCH3 is 1. The van der Waals surface area contributed by atoms with Crippen LogP contribution in [0.2, 0.25) is 0 Å². The number of Topliss-reactive ketones (excluding diaryl/α,β-unsaturated/α-hetero) is 1. The van der Waals surface area contributed by atoms with Crippen LogP contribution in [0.1, 0.15) is 46.3 Å². The molecule has 1 heterocycles. The summed E-state index contributed by atoms with van der Waals surface area (Å²) in [6.45, 7) is 4.20. The normalized spacial score (nSPS) is 16.6. The number of rotatable bonds is 8. The second-order valence-electron chi connectivity index (χ2n) is 9.94. The Labute approximate surface area is 208 Å². The number of quaternary nitrogens is 1. The first-order valence-electron chi connectivity index (χ1n) is 12.6. The summed E-state index contributed by atoms with van der Waals surface area (Å²) >= 11 is 0. The Kier molecular flexibility index (Phi) is 6.74. The molecule has 0 spiro atoms. The van der Waals surface area contributed by atoms with Gasteiger partial charge in [0.1, 0.15) is 24.7 Å². The molecule has 0 radical (unpaired) electrons. The molecule has 0 unspecified atom stereocenters. The van der Waals surface area contributed by atoms with Crippen LogP contribution in [-0.2, 0) is 6.42 Å². The quantitative estimate of drug-likeness (QED) is 0.298. The Morgan fingerprint density at radius 1 is 0.857 bits per heavy atom. The lowest BCUT2D eigenvalue weighted by Crippen LogP contribution is -2.43. The second kappa shape index (κ2) is 10.1. The molecule has 3 aromatic rings. The SMILES string of the molecule is COc1ccc(C2=C(C(=O)c3ccc(OCC[N+]4(C)CCCC4)cc3)c3ccccc3CC2)cc1. The van der Waals surface area contributed by atoms with E-state index in [0.717, 1.165) is 57.6 Å². The number of allylic oxidation sites excluding steroid dienone is 2. The van der Waals surface area contributed by atoms with Crippen molar-refractivity contribution in [2.45, 2.75) is 25.7 Å². The van der Waals surface area contributed by atoms with E-state index >= 15 is 0 Å². The summed E-state index contributed by atoms with van der Waals surface area (Å²) in [6, 6.07) is 24.0. The standard InChI is InChI=1S/C31H34NO3/c1-32(19-5-6-20-32)21-22-35-27-16-11-25(12-17-27)31(33)30-28-8-4-3-7-23(28)13-18-29(30)24-9-14-26(34-2)15-10-24/h3-4,7-12,14-17H,5-6,13,18-22H2,1-2H3/q+1. The van der Waals surface area contributed by atoms with Gasteiger partial charge in [-0.1, -0.05) is 36.4 Å². The van der Waals surface area contributed by atoms with Crippen LogP contribution in [0.4, 0.5) is 0 Å². The van der Waals surface area contributed by atoms with Crippen LogP contribution < -0.4 is 9.47 Å². The Balaban J connectivity index is 1.40. The van der Waals surface area contributed by atoms with E-state index in [1.54, 1.807) is 7.11 Å². The molecule has 4 heteroatoms. The van der Waals surface area contributed by atoms with E-state index in [4.69, 9.17) is 9.47 Å². The van der Waals surface area contributed by atoms with Crippen LogP contribution in [0.15, 0.2) is 72.8 Å². The highest BCUT2D eigenvalue weighted by molar-refractivity contribution is 6.35. The lowest BCUT2D eigenvalue weighted by atomic mass is 9.79. The maximum atomic E-state index is 13.9. The third-order valence-electron chi connectivity index (χ3n) is 7.56. The van der Waals surface area contributed by atoms with Crippen molar-refractivity contribution in [3.63, 3.8) is 0 Å². The highest BCUT2D eigenvalue weighted by Crippen LogP contribution is 2.39. The first-order chi connectivity index (χ1) is 17.1. The van der Waals surface area contributed by atoms with Gasteiger partial charge in [0.25, 0.3) is 0 Å². The second-order valence-corrected chi connectivity index (χ2v) is 9.94. The molecule has 2 aliphatic rings. The molecule has 0 saturated carbocycles. The summed E-state index contributed by atoms with van der Waals surface area (Å²) in [6.07, 6.45) is 4.39. The first-order valence-corrected chi connectivity index (χ1v) is 12.6. The third-order valence-corrected chi connectivity index (χ3v) is 7.56. The van der Waals surface area contributed by atoms with E-state index in [1.807, 2.05) is 42.5 Å². The summed E-state index contributed by atoms with van der Waals surface area (Å²) in [5.41, 5.74) is 5.93. The monoisotopic (exact) mass is 468 g/mol. The van der Waals surface area contributed by atoms with Crippen molar-refractivity contribution in [2.75, 3.05) is 40.4 Å². The van der Waals surface area contributed by atoms with Gasteiger partial charge in [0.2, 0.25) is 0 Å². The Morgan fingerprint density at radius 3 is 2.26 bits per heavy atom. The maximum absolute atomic E-state index is 13.9. The van der Waals surface area contributed by atoms with Crippen molar-refractivity contribution < 1.29 is 18.8 Å². The minimum atomic E-state index is 0.0599. The fourth-order valence-electron chi connectivity index (χ4n) is 5.42. The highest BCUT2D eigenvalue weighted by Gasteiger charge is 2.27. The zero-order valence-electron chi connectivity index (χ0n) is 20.8. The number of nitrogens with zero attached hydrogens (tertiary/aromatic N) is 1. The van der Waals surface area contributed by atoms with Crippen LogP contribution >= 0.6 is 0 Å². The average Bonchev–Trinajstić information content (AvgIpc) is 3.34. The number of benzene rings is 3. The fraction of sp³-hybridized carbons (Fsp3) is 0.323. The van der Waals surface area contributed by atoms with Crippen molar-refractivity contribution in [1.29, 1.82) is 0 Å². The van der Waals surface area contributed by atoms with Crippen LogP contribution in [0.3, 0.4) is 0 Å². The minimum absolute atomic E-state index is 0.0599. The van der Waals surface area contributed by atoms with Crippen LogP contribution in [0.5, 0.6) is 11.5 Å². The Bertz CT molecular complexity index is 1220. The molecule has 5 rings (SSSR count). The number of ketones is 1. The molecule has 180 valence electrons. The van der Waals surface area contributed by atoms with Gasteiger partial charge in [0, 0.05) is 24.0 Å². The van der Waals surface area contributed by atoms with Crippen molar-refractivity contribution in [1.82, 2.24) is 0 Å². The molecule has 1 aliphatic carbocycles. The summed E-state index contributed by atoms with van der Waals surface area (Å²) in [5.74, 6) is 1.69. The van der Waals surface area contributed by atoms with Gasteiger partial charge >= 0.3 is 0 Å². The molecule has 4 nitrogen and oxygen atoms in total. The Hall–Kier alpha value is -3.37. The predicted octanol–water partition coefficient (Wildman–Crippen LogP) is 6.05. The molecule has 0 atom stereocenters. The number of hydrogen-bond donors (Lipinski definition) is 0. The smallest absolute Gasteiger partial charge is 0.193 e. The van der Waals surface area contributed by atoms with Gasteiger partial charge in [-0.15, -0.1) is 0 Å². The van der Waals surface area contributed by atoms with E-state index in [2.05, 4.69) is 37.4 Å². The van der Waals surface area contributed by atoms with E-state index < -0.39 is 0 Å². The molecular formula is C31H34NO3+. The summed E-state index contributed by atoms with van der Waals surface area (Å²) in [7, 11) is 3.98. The highest BCUT2D eigenvalue weighted by atomic mass is 16.5. The van der Waals surface area contributed by atoms with Crippen molar-refractivity contribution in [2.24, 2.45) is 0 Å². The summed E-state index contributed by atoms with van der Waals surface area (Å²) in [5, 5.41) is 0. The molecule has 1 fully saturated rings. The summed E-state index contributed by atoms with van der Waals surface area (Å²) in [4.78, 5) is 13.9. The molecule has 0 bridgehead atoms. The van der Waals surface area contributed by atoms with Crippen LogP contribution in [0, 0.1) is 0 Å². The van der Waals surface area contributed by atoms with Crippen molar-refractivity contribution >= 4 is 16.9 Å². The van der Waals surface area contributed by atoms with Gasteiger partial charge in [-0.05, 0) is 71.5 Å². The van der Waals surface area contributed by atoms with Crippen LogP contribution in [-0.4, -0.2) is 50.7 Å². The third kappa shape index (κ3) is 5.03. The largest absolute Gasteiger partial charge is 0.497 e. The lowest BCUT2D eigenvalue weighted by Gasteiger charge is -2.28. The van der Waals surface area contributed by atoms with Gasteiger partial charge in [-0.25, -0.2) is 0 Å². The molecule has 0 aromatic heterocycles. The van der Waals surface area contributed by atoms with Crippen LogP contribution in [0.25, 0.3) is 11.1 Å². The van der Waals surface area contributed by atoms with Crippen molar-refractivity contribution in [3.05, 3.63) is 95.1 Å². The number of hydrogen-bond acceptors (Lipinski definition) is 3. The van der Waals surface area contributed by atoms with E-state index in [1.165, 1.54) is 31.5 Å². The lowest BCUT2D eigenvalue weighted by molar-refractivity contribution is -0.897. The summed E-state index contributed by atoms with van der Waals surface area (Å²) < 4.78 is 12.5. The van der Waals surface area contributed by atoms with E-state index in [9.17, 15) is 4.79 Å². The first kappa shape index (κ1) is 23.4. The van der Waals surface area contributed by atoms with Gasteiger partial charge in [0.05, 0.1) is 27.2 Å². The molecular weight excluding hydrogens is 434 g/mol. The number of likely N-dealkylation sites (N-methyl/N-ethyl adjacent to an activating group) is 1. The topological polar surface area (TPSA) is 35.5 Å². The molecule has 3 aromatic carbocycles. The number of aryl methyl sites for hydroxylation is 1. The maximum Gasteiger partial charge on any atom is 0.193 e. The molecule has 1 saturated heterocycles. The van der Waals surface area contributed by atoms with Gasteiger partial charge in [0.15, 0.2) is 5.78 Å². The molecule has 1 aliphatic heterocycles. The van der Waals surface area contributed by atoms with Gasteiger partial charge in [-0.3, -0.25) is 4.79 Å². The zero-order valence-corrected chi connectivity index (χ0v) is 20.8. The number of carbonyl (C=O) groups is 1. The minimum Gasteiger partial charge on any atom is -0.497 e.